The van der Waals surface area contributed by atoms with Crippen molar-refractivity contribution in [3.8, 4) is 0 Å². The van der Waals surface area contributed by atoms with Crippen molar-refractivity contribution in [2.24, 2.45) is 0 Å². The average Bonchev–Trinajstić information content (AvgIpc) is 2.79. The Morgan fingerprint density at radius 1 is 1.20 bits per heavy atom. The molecule has 0 aliphatic rings. The van der Waals surface area contributed by atoms with E-state index in [4.69, 9.17) is 11.6 Å². The minimum atomic E-state index is 0.410. The molecule has 0 N–H and O–H groups in total. The van der Waals surface area contributed by atoms with Crippen molar-refractivity contribution >= 4 is 22.6 Å². The Labute approximate surface area is 123 Å². The first-order valence-electron chi connectivity index (χ1n) is 6.60. The zero-order valence-corrected chi connectivity index (χ0v) is 12.4. The molecular weight excluding hydrogens is 270 g/mol. The van der Waals surface area contributed by atoms with Gasteiger partial charge in [-0.15, -0.1) is 11.6 Å². The van der Waals surface area contributed by atoms with Crippen LogP contribution in [0.4, 0.5) is 0 Å². The molecule has 20 heavy (non-hydrogen) atoms. The van der Waals surface area contributed by atoms with Gasteiger partial charge >= 0.3 is 0 Å². The maximum atomic E-state index is 6.05. The first-order chi connectivity index (χ1) is 9.69. The van der Waals surface area contributed by atoms with Gasteiger partial charge in [-0.05, 0) is 48.7 Å². The summed E-state index contributed by atoms with van der Waals surface area (Å²) < 4.78 is 2.18. The van der Waals surface area contributed by atoms with E-state index in [1.807, 2.05) is 24.5 Å². The summed E-state index contributed by atoms with van der Waals surface area (Å²) in [5, 5.41) is 0. The van der Waals surface area contributed by atoms with Gasteiger partial charge < -0.3 is 4.57 Å². The van der Waals surface area contributed by atoms with Gasteiger partial charge in [-0.2, -0.15) is 0 Å². The van der Waals surface area contributed by atoms with Crippen LogP contribution in [0, 0.1) is 13.8 Å². The molecule has 0 amide bonds. The highest BCUT2D eigenvalue weighted by molar-refractivity contribution is 6.16. The molecule has 4 heteroatoms. The lowest BCUT2D eigenvalue weighted by molar-refractivity contribution is 0.770. The van der Waals surface area contributed by atoms with Crippen molar-refractivity contribution in [3.63, 3.8) is 0 Å². The van der Waals surface area contributed by atoms with Gasteiger partial charge in [0.05, 0.1) is 23.5 Å². The quantitative estimate of drug-likeness (QED) is 0.685. The molecule has 102 valence electrons. The first-order valence-corrected chi connectivity index (χ1v) is 7.13. The summed E-state index contributed by atoms with van der Waals surface area (Å²) in [4.78, 5) is 8.82. The number of imidazole rings is 1. The van der Waals surface area contributed by atoms with E-state index in [2.05, 4.69) is 40.5 Å². The SMILES string of the molecule is Cc1ccc2nc(CCl)n(Cc3cnccc3C)c2c1. The van der Waals surface area contributed by atoms with Crippen molar-refractivity contribution in [1.29, 1.82) is 0 Å². The molecule has 3 nitrogen and oxygen atoms in total. The number of aryl methyl sites for hydroxylation is 2. The van der Waals surface area contributed by atoms with E-state index in [1.165, 1.54) is 16.7 Å². The Kier molecular flexibility index (Phi) is 3.45. The Morgan fingerprint density at radius 2 is 2.05 bits per heavy atom. The molecule has 0 aliphatic heterocycles. The summed E-state index contributed by atoms with van der Waals surface area (Å²) in [5.74, 6) is 1.31. The molecule has 2 aromatic heterocycles. The van der Waals surface area contributed by atoms with Gasteiger partial charge in [0.15, 0.2) is 0 Å². The number of fused-ring (bicyclic) bond motifs is 1. The number of hydrogen-bond donors (Lipinski definition) is 0. The molecule has 0 bridgehead atoms. The molecule has 0 unspecified atom stereocenters. The van der Waals surface area contributed by atoms with E-state index in [1.54, 1.807) is 0 Å². The van der Waals surface area contributed by atoms with Gasteiger partial charge in [0.25, 0.3) is 0 Å². The molecule has 1 aromatic carbocycles. The van der Waals surface area contributed by atoms with Crippen LogP contribution in [0.5, 0.6) is 0 Å². The normalized spacial score (nSPS) is 11.2. The van der Waals surface area contributed by atoms with Crippen LogP contribution in [0.3, 0.4) is 0 Å². The Balaban J connectivity index is 2.14. The van der Waals surface area contributed by atoms with Crippen LogP contribution in [-0.4, -0.2) is 14.5 Å². The van der Waals surface area contributed by atoms with E-state index in [9.17, 15) is 0 Å². The smallest absolute Gasteiger partial charge is 0.125 e. The lowest BCUT2D eigenvalue weighted by Crippen LogP contribution is -2.05. The van der Waals surface area contributed by atoms with Gasteiger partial charge in [-0.1, -0.05) is 6.07 Å². The molecule has 3 aromatic rings. The van der Waals surface area contributed by atoms with Crippen LogP contribution in [-0.2, 0) is 12.4 Å². The van der Waals surface area contributed by atoms with Crippen molar-refractivity contribution in [2.45, 2.75) is 26.3 Å². The topological polar surface area (TPSA) is 30.7 Å². The number of aromatic nitrogens is 3. The van der Waals surface area contributed by atoms with E-state index in [0.29, 0.717) is 5.88 Å². The number of halogens is 1. The van der Waals surface area contributed by atoms with Crippen LogP contribution in [0.25, 0.3) is 11.0 Å². The van der Waals surface area contributed by atoms with Gasteiger partial charge in [-0.3, -0.25) is 4.98 Å². The lowest BCUT2D eigenvalue weighted by atomic mass is 10.1. The second-order valence-corrected chi connectivity index (χ2v) is 5.31. The lowest BCUT2D eigenvalue weighted by Gasteiger charge is -2.10. The Morgan fingerprint density at radius 3 is 2.80 bits per heavy atom. The summed E-state index contributed by atoms with van der Waals surface area (Å²) in [6.07, 6.45) is 3.73. The van der Waals surface area contributed by atoms with E-state index >= 15 is 0 Å². The third kappa shape index (κ3) is 2.29. The van der Waals surface area contributed by atoms with Gasteiger partial charge in [0.2, 0.25) is 0 Å². The maximum absolute atomic E-state index is 6.05. The molecule has 0 atom stereocenters. The van der Waals surface area contributed by atoms with Crippen molar-refractivity contribution in [2.75, 3.05) is 0 Å². The first kappa shape index (κ1) is 13.1. The summed E-state index contributed by atoms with van der Waals surface area (Å²) in [6, 6.07) is 8.31. The number of benzene rings is 1. The monoisotopic (exact) mass is 285 g/mol. The van der Waals surface area contributed by atoms with E-state index < -0.39 is 0 Å². The van der Waals surface area contributed by atoms with Crippen LogP contribution >= 0.6 is 11.6 Å². The molecule has 0 fully saturated rings. The van der Waals surface area contributed by atoms with Crippen LogP contribution in [0.2, 0.25) is 0 Å². The molecule has 0 aliphatic carbocycles. The summed E-state index contributed by atoms with van der Waals surface area (Å²) in [5.41, 5.74) is 5.77. The van der Waals surface area contributed by atoms with Crippen molar-refractivity contribution in [3.05, 3.63) is 59.2 Å². The Bertz CT molecular complexity index is 762. The number of hydrogen-bond acceptors (Lipinski definition) is 2. The van der Waals surface area contributed by atoms with Gasteiger partial charge in [0, 0.05) is 12.4 Å². The number of alkyl halides is 1. The van der Waals surface area contributed by atoms with Gasteiger partial charge in [0.1, 0.15) is 5.82 Å². The molecule has 3 rings (SSSR count). The number of nitrogens with zero attached hydrogens (tertiary/aromatic N) is 3. The molecule has 0 radical (unpaired) electrons. The fourth-order valence-electron chi connectivity index (χ4n) is 2.39. The predicted molar refractivity (Wildman–Crippen MR) is 82.1 cm³/mol. The largest absolute Gasteiger partial charge is 0.322 e. The zero-order chi connectivity index (χ0) is 14.1. The van der Waals surface area contributed by atoms with E-state index in [-0.39, 0.29) is 0 Å². The molecule has 0 spiro atoms. The predicted octanol–water partition coefficient (Wildman–Crippen LogP) is 3.84. The second-order valence-electron chi connectivity index (χ2n) is 5.04. The highest BCUT2D eigenvalue weighted by Crippen LogP contribution is 2.21. The van der Waals surface area contributed by atoms with Crippen LogP contribution in [0.1, 0.15) is 22.5 Å². The third-order valence-corrected chi connectivity index (χ3v) is 3.82. The molecule has 2 heterocycles. The van der Waals surface area contributed by atoms with Crippen molar-refractivity contribution < 1.29 is 0 Å². The second kappa shape index (κ2) is 5.25. The van der Waals surface area contributed by atoms with Crippen molar-refractivity contribution in [1.82, 2.24) is 14.5 Å². The molecule has 0 saturated heterocycles. The van der Waals surface area contributed by atoms with E-state index in [0.717, 1.165) is 23.4 Å². The average molecular weight is 286 g/mol. The summed E-state index contributed by atoms with van der Waals surface area (Å²) in [7, 11) is 0. The molecular formula is C16H16ClN3. The number of pyridine rings is 1. The highest BCUT2D eigenvalue weighted by atomic mass is 35.5. The van der Waals surface area contributed by atoms with Crippen LogP contribution < -0.4 is 0 Å². The fraction of sp³-hybridized carbons (Fsp3) is 0.250. The summed E-state index contributed by atoms with van der Waals surface area (Å²) in [6.45, 7) is 4.94. The number of rotatable bonds is 3. The molecule has 0 saturated carbocycles. The fourth-order valence-corrected chi connectivity index (χ4v) is 2.60. The van der Waals surface area contributed by atoms with Crippen LogP contribution in [0.15, 0.2) is 36.7 Å². The highest BCUT2D eigenvalue weighted by Gasteiger charge is 2.11. The summed E-state index contributed by atoms with van der Waals surface area (Å²) >= 11 is 6.05. The standard InChI is InChI=1S/C16H16ClN3/c1-11-3-4-14-15(7-11)20(16(8-17)19-14)10-13-9-18-6-5-12(13)2/h3-7,9H,8,10H2,1-2H3. The Hall–Kier alpha value is -1.87. The van der Waals surface area contributed by atoms with Gasteiger partial charge in [-0.25, -0.2) is 4.98 Å². The minimum Gasteiger partial charge on any atom is -0.322 e. The minimum absolute atomic E-state index is 0.410. The zero-order valence-electron chi connectivity index (χ0n) is 11.6. The maximum Gasteiger partial charge on any atom is 0.125 e. The third-order valence-electron chi connectivity index (χ3n) is 3.58.